The molecule has 0 aromatic heterocycles. The van der Waals surface area contributed by atoms with Gasteiger partial charge in [0.1, 0.15) is 6.04 Å². The fraction of sp³-hybridized carbons (Fsp3) is 0.500. The molecule has 0 spiro atoms. The smallest absolute Gasteiger partial charge is 0.242 e. The summed E-state index contributed by atoms with van der Waals surface area (Å²) in [7, 11) is 0. The number of aryl methyl sites for hydroxylation is 1. The fourth-order valence-electron chi connectivity index (χ4n) is 3.60. The second kappa shape index (κ2) is 11.8. The lowest BCUT2D eigenvalue weighted by molar-refractivity contribution is -0.140. The predicted octanol–water partition coefficient (Wildman–Crippen LogP) is 5.29. The summed E-state index contributed by atoms with van der Waals surface area (Å²) in [6.07, 6.45) is 2.66. The van der Waals surface area contributed by atoms with Crippen molar-refractivity contribution in [2.75, 3.05) is 6.54 Å². The number of benzene rings is 2. The summed E-state index contributed by atoms with van der Waals surface area (Å²) in [6.45, 7) is 13.0. The molecule has 4 heteroatoms. The summed E-state index contributed by atoms with van der Waals surface area (Å²) in [5.41, 5.74) is 3.71. The van der Waals surface area contributed by atoms with Gasteiger partial charge in [-0.05, 0) is 55.2 Å². The zero-order valence-corrected chi connectivity index (χ0v) is 20.7. The van der Waals surface area contributed by atoms with Crippen LogP contribution in [-0.2, 0) is 27.8 Å². The van der Waals surface area contributed by atoms with Gasteiger partial charge in [0.05, 0.1) is 0 Å². The highest BCUT2D eigenvalue weighted by molar-refractivity contribution is 5.87. The standard InChI is InChI=1S/C28H40N2O2/c1-7-21(2)29-27(32)22(3)30(20-19-23-11-9-8-10-12-23)26(31)18-15-24-13-16-25(17-14-24)28(4,5)6/h8-14,16-17,21-22H,7,15,18-20H2,1-6H3,(H,29,32)/t21-,22+/m1/s1. The molecule has 0 fully saturated rings. The highest BCUT2D eigenvalue weighted by Crippen LogP contribution is 2.22. The molecule has 0 aliphatic carbocycles. The van der Waals surface area contributed by atoms with Crippen molar-refractivity contribution in [1.29, 1.82) is 0 Å². The Kier molecular flexibility index (Phi) is 9.49. The van der Waals surface area contributed by atoms with E-state index in [-0.39, 0.29) is 23.3 Å². The van der Waals surface area contributed by atoms with Crippen LogP contribution in [0.3, 0.4) is 0 Å². The number of amides is 2. The summed E-state index contributed by atoms with van der Waals surface area (Å²) in [5.74, 6) is -0.0667. The molecule has 0 aliphatic rings. The van der Waals surface area contributed by atoms with Gasteiger partial charge in [0.2, 0.25) is 11.8 Å². The Balaban J connectivity index is 2.07. The van der Waals surface area contributed by atoms with Crippen LogP contribution in [-0.4, -0.2) is 35.3 Å². The van der Waals surface area contributed by atoms with Crippen LogP contribution in [0.15, 0.2) is 54.6 Å². The third-order valence-electron chi connectivity index (χ3n) is 6.10. The Morgan fingerprint density at radius 1 is 0.906 bits per heavy atom. The van der Waals surface area contributed by atoms with Crippen molar-refractivity contribution in [3.63, 3.8) is 0 Å². The number of hydrogen-bond acceptors (Lipinski definition) is 2. The maximum absolute atomic E-state index is 13.2. The predicted molar refractivity (Wildman–Crippen MR) is 133 cm³/mol. The van der Waals surface area contributed by atoms with Crippen molar-refractivity contribution in [3.8, 4) is 0 Å². The molecule has 0 unspecified atom stereocenters. The minimum Gasteiger partial charge on any atom is -0.352 e. The molecule has 1 N–H and O–H groups in total. The van der Waals surface area contributed by atoms with Gasteiger partial charge in [0.15, 0.2) is 0 Å². The minimum atomic E-state index is -0.497. The van der Waals surface area contributed by atoms with Gasteiger partial charge in [-0.25, -0.2) is 0 Å². The first-order chi connectivity index (χ1) is 15.1. The van der Waals surface area contributed by atoms with Gasteiger partial charge in [-0.3, -0.25) is 9.59 Å². The van der Waals surface area contributed by atoms with Crippen molar-refractivity contribution >= 4 is 11.8 Å². The van der Waals surface area contributed by atoms with Crippen LogP contribution in [0.25, 0.3) is 0 Å². The van der Waals surface area contributed by atoms with Crippen molar-refractivity contribution in [1.82, 2.24) is 10.2 Å². The van der Waals surface area contributed by atoms with Gasteiger partial charge in [0.25, 0.3) is 0 Å². The van der Waals surface area contributed by atoms with Crippen LogP contribution in [0.5, 0.6) is 0 Å². The summed E-state index contributed by atoms with van der Waals surface area (Å²) < 4.78 is 0. The number of hydrogen-bond donors (Lipinski definition) is 1. The van der Waals surface area contributed by atoms with E-state index in [2.05, 4.69) is 62.5 Å². The zero-order chi connectivity index (χ0) is 23.7. The highest BCUT2D eigenvalue weighted by atomic mass is 16.2. The number of carbonyl (C=O) groups excluding carboxylic acids is 2. The van der Waals surface area contributed by atoms with E-state index in [0.717, 1.165) is 24.0 Å². The number of nitrogens with zero attached hydrogens (tertiary/aromatic N) is 1. The topological polar surface area (TPSA) is 49.4 Å². The molecule has 0 bridgehead atoms. The molecule has 2 amide bonds. The molecule has 0 saturated carbocycles. The van der Waals surface area contributed by atoms with E-state index in [4.69, 9.17) is 0 Å². The van der Waals surface area contributed by atoms with E-state index in [1.54, 1.807) is 4.90 Å². The largest absolute Gasteiger partial charge is 0.352 e. The summed E-state index contributed by atoms with van der Waals surface area (Å²) in [5, 5.41) is 3.02. The SMILES string of the molecule is CC[C@@H](C)NC(=O)[C@H](C)N(CCc1ccccc1)C(=O)CCc1ccc(C(C)(C)C)cc1. The third-order valence-corrected chi connectivity index (χ3v) is 6.10. The molecule has 2 rings (SSSR count). The van der Waals surface area contributed by atoms with Crippen LogP contribution >= 0.6 is 0 Å². The van der Waals surface area contributed by atoms with E-state index in [1.165, 1.54) is 5.56 Å². The molecule has 4 nitrogen and oxygen atoms in total. The summed E-state index contributed by atoms with van der Waals surface area (Å²) in [4.78, 5) is 27.7. The number of rotatable bonds is 10. The average Bonchev–Trinajstić information content (AvgIpc) is 2.77. The third kappa shape index (κ3) is 7.81. The first-order valence-electron chi connectivity index (χ1n) is 11.8. The van der Waals surface area contributed by atoms with Crippen molar-refractivity contribution in [2.45, 2.75) is 84.7 Å². The van der Waals surface area contributed by atoms with Gasteiger partial charge in [-0.15, -0.1) is 0 Å². The Hall–Kier alpha value is -2.62. The summed E-state index contributed by atoms with van der Waals surface area (Å²) in [6, 6.07) is 18.2. The van der Waals surface area contributed by atoms with Crippen LogP contribution in [0.4, 0.5) is 0 Å². The van der Waals surface area contributed by atoms with Gasteiger partial charge in [0, 0.05) is 19.0 Å². The van der Waals surface area contributed by atoms with Gasteiger partial charge >= 0.3 is 0 Å². The lowest BCUT2D eigenvalue weighted by atomic mass is 9.86. The molecule has 2 aromatic rings. The highest BCUT2D eigenvalue weighted by Gasteiger charge is 2.26. The maximum atomic E-state index is 13.2. The molecule has 0 aliphatic heterocycles. The first-order valence-corrected chi connectivity index (χ1v) is 11.8. The molecule has 2 aromatic carbocycles. The second-order valence-electron chi connectivity index (χ2n) is 9.76. The molecule has 0 heterocycles. The Morgan fingerprint density at radius 3 is 2.06 bits per heavy atom. The van der Waals surface area contributed by atoms with E-state index in [0.29, 0.717) is 19.4 Å². The molecule has 0 radical (unpaired) electrons. The van der Waals surface area contributed by atoms with Crippen LogP contribution < -0.4 is 5.32 Å². The molecule has 32 heavy (non-hydrogen) atoms. The Labute approximate surface area is 194 Å². The molecule has 0 saturated heterocycles. The number of carbonyl (C=O) groups is 2. The molecular formula is C28H40N2O2. The van der Waals surface area contributed by atoms with Gasteiger partial charge in [-0.2, -0.15) is 0 Å². The monoisotopic (exact) mass is 436 g/mol. The van der Waals surface area contributed by atoms with E-state index >= 15 is 0 Å². The minimum absolute atomic E-state index is 0.0210. The second-order valence-corrected chi connectivity index (χ2v) is 9.76. The lowest BCUT2D eigenvalue weighted by Gasteiger charge is -2.30. The molecule has 2 atom stereocenters. The van der Waals surface area contributed by atoms with E-state index in [9.17, 15) is 9.59 Å². The maximum Gasteiger partial charge on any atom is 0.242 e. The molecule has 174 valence electrons. The molecular weight excluding hydrogens is 396 g/mol. The van der Waals surface area contributed by atoms with Crippen LogP contribution in [0, 0.1) is 0 Å². The summed E-state index contributed by atoms with van der Waals surface area (Å²) >= 11 is 0. The van der Waals surface area contributed by atoms with Crippen molar-refractivity contribution < 1.29 is 9.59 Å². The Morgan fingerprint density at radius 2 is 1.50 bits per heavy atom. The fourth-order valence-corrected chi connectivity index (χ4v) is 3.60. The van der Waals surface area contributed by atoms with Crippen LogP contribution in [0.1, 0.15) is 71.1 Å². The number of nitrogens with one attached hydrogen (secondary N) is 1. The average molecular weight is 437 g/mol. The van der Waals surface area contributed by atoms with E-state index in [1.807, 2.05) is 39.0 Å². The van der Waals surface area contributed by atoms with Crippen molar-refractivity contribution in [2.24, 2.45) is 0 Å². The Bertz CT molecular complexity index is 853. The quantitative estimate of drug-likeness (QED) is 0.550. The zero-order valence-electron chi connectivity index (χ0n) is 20.7. The van der Waals surface area contributed by atoms with Gasteiger partial charge in [-0.1, -0.05) is 82.3 Å². The van der Waals surface area contributed by atoms with Crippen molar-refractivity contribution in [3.05, 3.63) is 71.3 Å². The van der Waals surface area contributed by atoms with Crippen LogP contribution in [0.2, 0.25) is 0 Å². The first kappa shape index (κ1) is 25.6. The lowest BCUT2D eigenvalue weighted by Crippen LogP contribution is -2.50. The van der Waals surface area contributed by atoms with Gasteiger partial charge < -0.3 is 10.2 Å². The van der Waals surface area contributed by atoms with E-state index < -0.39 is 6.04 Å². The normalized spacial score (nSPS) is 13.3.